The smallest absolute Gasteiger partial charge is 0.258 e. The number of hydrogen-bond donors (Lipinski definition) is 0. The SMILES string of the molecule is Cc1ccc(/C=C/C(=O)N(c2ccccn2)c2nccs2)cc1. The van der Waals surface area contributed by atoms with Crippen molar-refractivity contribution in [3.8, 4) is 0 Å². The fourth-order valence-corrected chi connectivity index (χ4v) is 2.69. The van der Waals surface area contributed by atoms with E-state index in [0.717, 1.165) is 5.56 Å². The predicted molar refractivity (Wildman–Crippen MR) is 93.7 cm³/mol. The summed E-state index contributed by atoms with van der Waals surface area (Å²) in [5.74, 6) is 0.375. The summed E-state index contributed by atoms with van der Waals surface area (Å²) in [6, 6.07) is 13.4. The Labute approximate surface area is 138 Å². The van der Waals surface area contributed by atoms with E-state index in [4.69, 9.17) is 0 Å². The zero-order valence-electron chi connectivity index (χ0n) is 12.6. The third-order valence-corrected chi connectivity index (χ3v) is 3.96. The monoisotopic (exact) mass is 321 g/mol. The summed E-state index contributed by atoms with van der Waals surface area (Å²) in [5, 5.41) is 2.43. The van der Waals surface area contributed by atoms with Gasteiger partial charge in [0.2, 0.25) is 0 Å². The minimum atomic E-state index is -0.181. The van der Waals surface area contributed by atoms with E-state index in [1.807, 2.05) is 48.7 Å². The van der Waals surface area contributed by atoms with Crippen LogP contribution in [0.3, 0.4) is 0 Å². The second kappa shape index (κ2) is 6.98. The normalized spacial score (nSPS) is 10.8. The van der Waals surface area contributed by atoms with Crippen molar-refractivity contribution in [2.45, 2.75) is 6.92 Å². The van der Waals surface area contributed by atoms with E-state index >= 15 is 0 Å². The number of carbonyl (C=O) groups is 1. The molecule has 0 aliphatic carbocycles. The molecule has 0 aliphatic rings. The largest absolute Gasteiger partial charge is 0.269 e. The fraction of sp³-hybridized carbons (Fsp3) is 0.0556. The zero-order chi connectivity index (χ0) is 16.1. The summed E-state index contributed by atoms with van der Waals surface area (Å²) in [6.07, 6.45) is 6.67. The Balaban J connectivity index is 1.88. The molecule has 0 fully saturated rings. The topological polar surface area (TPSA) is 46.1 Å². The van der Waals surface area contributed by atoms with Gasteiger partial charge in [-0.3, -0.25) is 4.79 Å². The highest BCUT2D eigenvalue weighted by molar-refractivity contribution is 7.13. The second-order valence-corrected chi connectivity index (χ2v) is 5.79. The number of amides is 1. The Morgan fingerprint density at radius 3 is 2.57 bits per heavy atom. The molecule has 0 radical (unpaired) electrons. The van der Waals surface area contributed by atoms with Gasteiger partial charge in [-0.2, -0.15) is 0 Å². The molecule has 2 heterocycles. The molecule has 3 aromatic rings. The maximum atomic E-state index is 12.6. The summed E-state index contributed by atoms with van der Waals surface area (Å²) in [7, 11) is 0. The van der Waals surface area contributed by atoms with E-state index in [2.05, 4.69) is 9.97 Å². The van der Waals surface area contributed by atoms with Crippen LogP contribution in [0.25, 0.3) is 6.08 Å². The molecule has 0 unspecified atom stereocenters. The molecule has 0 atom stereocenters. The molecule has 0 bridgehead atoms. The van der Waals surface area contributed by atoms with E-state index in [-0.39, 0.29) is 5.91 Å². The second-order valence-electron chi connectivity index (χ2n) is 4.92. The minimum absolute atomic E-state index is 0.181. The number of nitrogens with zero attached hydrogens (tertiary/aromatic N) is 3. The number of benzene rings is 1. The molecule has 5 heteroatoms. The number of aromatic nitrogens is 2. The first-order chi connectivity index (χ1) is 11.2. The molecule has 4 nitrogen and oxygen atoms in total. The van der Waals surface area contributed by atoms with Gasteiger partial charge in [0.05, 0.1) is 0 Å². The van der Waals surface area contributed by atoms with E-state index in [1.165, 1.54) is 21.8 Å². The van der Waals surface area contributed by atoms with Gasteiger partial charge < -0.3 is 0 Å². The molecule has 3 rings (SSSR count). The van der Waals surface area contributed by atoms with Gasteiger partial charge in [-0.15, -0.1) is 11.3 Å². The van der Waals surface area contributed by atoms with Gasteiger partial charge >= 0.3 is 0 Å². The molecular formula is C18H15N3OS. The number of carbonyl (C=O) groups excluding carboxylic acids is 1. The number of aryl methyl sites for hydroxylation is 1. The zero-order valence-corrected chi connectivity index (χ0v) is 13.4. The molecule has 0 saturated carbocycles. The average Bonchev–Trinajstić information content (AvgIpc) is 3.10. The van der Waals surface area contributed by atoms with Gasteiger partial charge in [-0.1, -0.05) is 35.9 Å². The standard InChI is InChI=1S/C18H15N3OS/c1-14-5-7-15(8-6-14)9-10-17(22)21(18-20-12-13-23-18)16-4-2-3-11-19-16/h2-13H,1H3/b10-9+. The molecule has 2 aromatic heterocycles. The summed E-state index contributed by atoms with van der Waals surface area (Å²) >= 11 is 1.40. The third-order valence-electron chi connectivity index (χ3n) is 3.21. The molecule has 1 aromatic carbocycles. The highest BCUT2D eigenvalue weighted by atomic mass is 32.1. The molecule has 0 N–H and O–H groups in total. The van der Waals surface area contributed by atoms with E-state index in [9.17, 15) is 4.79 Å². The van der Waals surface area contributed by atoms with Crippen molar-refractivity contribution >= 4 is 34.3 Å². The lowest BCUT2D eigenvalue weighted by Gasteiger charge is -2.16. The predicted octanol–water partition coefficient (Wildman–Crippen LogP) is 4.22. The van der Waals surface area contributed by atoms with E-state index in [0.29, 0.717) is 10.9 Å². The van der Waals surface area contributed by atoms with Crippen molar-refractivity contribution in [3.05, 3.63) is 77.4 Å². The maximum Gasteiger partial charge on any atom is 0.258 e. The van der Waals surface area contributed by atoms with Crippen LogP contribution in [0.15, 0.2) is 66.3 Å². The molecule has 0 aliphatic heterocycles. The number of pyridine rings is 1. The van der Waals surface area contributed by atoms with Crippen molar-refractivity contribution in [3.63, 3.8) is 0 Å². The van der Waals surface area contributed by atoms with Crippen molar-refractivity contribution in [2.24, 2.45) is 0 Å². The first-order valence-corrected chi connectivity index (χ1v) is 8.01. The third kappa shape index (κ3) is 3.70. The van der Waals surface area contributed by atoms with Crippen LogP contribution in [0.5, 0.6) is 0 Å². The van der Waals surface area contributed by atoms with Crippen LogP contribution in [-0.4, -0.2) is 15.9 Å². The Bertz CT molecular complexity index is 796. The summed E-state index contributed by atoms with van der Waals surface area (Å²) in [5.41, 5.74) is 2.16. The lowest BCUT2D eigenvalue weighted by molar-refractivity contribution is -0.113. The minimum Gasteiger partial charge on any atom is -0.269 e. The van der Waals surface area contributed by atoms with E-state index < -0.39 is 0 Å². The Morgan fingerprint density at radius 1 is 1.09 bits per heavy atom. The van der Waals surface area contributed by atoms with Gasteiger partial charge in [0.15, 0.2) is 5.13 Å². The van der Waals surface area contributed by atoms with Crippen LogP contribution >= 0.6 is 11.3 Å². The molecular weight excluding hydrogens is 306 g/mol. The van der Waals surface area contributed by atoms with Crippen molar-refractivity contribution < 1.29 is 4.79 Å². The first-order valence-electron chi connectivity index (χ1n) is 7.13. The van der Waals surface area contributed by atoms with Gasteiger partial charge in [-0.25, -0.2) is 14.9 Å². The van der Waals surface area contributed by atoms with Crippen LogP contribution in [0.1, 0.15) is 11.1 Å². The van der Waals surface area contributed by atoms with Gasteiger partial charge in [0.1, 0.15) is 5.82 Å². The number of thiazole rings is 1. The molecule has 0 spiro atoms. The van der Waals surface area contributed by atoms with Crippen LogP contribution < -0.4 is 4.90 Å². The van der Waals surface area contributed by atoms with Crippen molar-refractivity contribution in [1.29, 1.82) is 0 Å². The highest BCUT2D eigenvalue weighted by Gasteiger charge is 2.18. The van der Waals surface area contributed by atoms with E-state index in [1.54, 1.807) is 30.6 Å². The molecule has 114 valence electrons. The maximum absolute atomic E-state index is 12.6. The Kier molecular flexibility index (Phi) is 4.59. The van der Waals surface area contributed by atoms with Crippen LogP contribution in [0, 0.1) is 6.92 Å². The fourth-order valence-electron chi connectivity index (χ4n) is 2.04. The van der Waals surface area contributed by atoms with Crippen molar-refractivity contribution in [1.82, 2.24) is 9.97 Å². The highest BCUT2D eigenvalue weighted by Crippen LogP contribution is 2.25. The first kappa shape index (κ1) is 15.1. The average molecular weight is 321 g/mol. The summed E-state index contributed by atoms with van der Waals surface area (Å²) in [4.78, 5) is 22.6. The molecule has 0 saturated heterocycles. The van der Waals surface area contributed by atoms with Crippen molar-refractivity contribution in [2.75, 3.05) is 4.90 Å². The van der Waals surface area contributed by atoms with Crippen LogP contribution in [-0.2, 0) is 4.79 Å². The molecule has 1 amide bonds. The lowest BCUT2D eigenvalue weighted by atomic mass is 10.1. The lowest BCUT2D eigenvalue weighted by Crippen LogP contribution is -2.24. The summed E-state index contributed by atoms with van der Waals surface area (Å²) in [6.45, 7) is 2.03. The van der Waals surface area contributed by atoms with Crippen LogP contribution in [0.4, 0.5) is 10.9 Å². The Morgan fingerprint density at radius 2 is 1.91 bits per heavy atom. The quantitative estimate of drug-likeness (QED) is 0.676. The number of hydrogen-bond acceptors (Lipinski definition) is 4. The van der Waals surface area contributed by atoms with Gasteiger partial charge in [0.25, 0.3) is 5.91 Å². The molecule has 23 heavy (non-hydrogen) atoms. The number of rotatable bonds is 4. The van der Waals surface area contributed by atoms with Crippen LogP contribution in [0.2, 0.25) is 0 Å². The van der Waals surface area contributed by atoms with Gasteiger partial charge in [0, 0.05) is 23.8 Å². The summed E-state index contributed by atoms with van der Waals surface area (Å²) < 4.78 is 0. The van der Waals surface area contributed by atoms with Gasteiger partial charge in [-0.05, 0) is 30.7 Å². The number of anilines is 2. The Hall–Kier alpha value is -2.79.